The number of hydrogen-bond acceptors (Lipinski definition) is 4. The minimum absolute atomic E-state index is 0.195. The van der Waals surface area contributed by atoms with Crippen LogP contribution in [-0.4, -0.2) is 11.5 Å². The fraction of sp³-hybridized carbons (Fsp3) is 0. The first-order valence-electron chi connectivity index (χ1n) is 4.08. The van der Waals surface area contributed by atoms with Crippen LogP contribution >= 0.6 is 27.5 Å². The highest BCUT2D eigenvalue weighted by molar-refractivity contribution is 9.10. The van der Waals surface area contributed by atoms with Crippen molar-refractivity contribution in [3.05, 3.63) is 27.7 Å². The summed E-state index contributed by atoms with van der Waals surface area (Å²) >= 11 is 9.16. The Morgan fingerprint density at radius 3 is 2.81 bits per heavy atom. The van der Waals surface area contributed by atoms with E-state index in [-0.39, 0.29) is 5.71 Å². The normalized spacial score (nSPS) is 10.7. The zero-order valence-corrected chi connectivity index (χ0v) is 10.3. The number of anilines is 1. The number of halogens is 2. The van der Waals surface area contributed by atoms with Crippen molar-refractivity contribution >= 4 is 44.8 Å². The molecular formula is C9H7BrClN5. The molecule has 0 fully saturated rings. The molecule has 82 valence electrons. The highest BCUT2D eigenvalue weighted by Crippen LogP contribution is 2.25. The standard InChI is InChI=1S/C9H7BrClN5/c10-5-1-2-7(6(11)3-5)15-16-8(4-12)9(13)14/h1-3,15H,(H3,13,14)/b16-8+. The van der Waals surface area contributed by atoms with Crippen LogP contribution in [0.3, 0.4) is 0 Å². The van der Waals surface area contributed by atoms with Crippen molar-refractivity contribution in [1.82, 2.24) is 0 Å². The van der Waals surface area contributed by atoms with Crippen LogP contribution < -0.4 is 11.2 Å². The lowest BCUT2D eigenvalue weighted by Crippen LogP contribution is -2.21. The average Bonchev–Trinajstić information content (AvgIpc) is 2.21. The molecule has 5 nitrogen and oxygen atoms in total. The lowest BCUT2D eigenvalue weighted by atomic mass is 10.3. The molecule has 0 unspecified atom stereocenters. The zero-order valence-electron chi connectivity index (χ0n) is 7.96. The Bertz CT molecular complexity index is 491. The van der Waals surface area contributed by atoms with Gasteiger partial charge in [-0.25, -0.2) is 0 Å². The number of benzene rings is 1. The molecular weight excluding hydrogens is 293 g/mol. The Morgan fingerprint density at radius 1 is 1.62 bits per heavy atom. The van der Waals surface area contributed by atoms with Crippen LogP contribution in [-0.2, 0) is 0 Å². The minimum atomic E-state index is -0.400. The number of nitriles is 1. The van der Waals surface area contributed by atoms with Gasteiger partial charge in [0.15, 0.2) is 5.84 Å². The second kappa shape index (κ2) is 5.49. The van der Waals surface area contributed by atoms with Crippen LogP contribution in [0.2, 0.25) is 5.02 Å². The number of nitrogens with zero attached hydrogens (tertiary/aromatic N) is 2. The molecule has 0 saturated heterocycles. The van der Waals surface area contributed by atoms with E-state index in [2.05, 4.69) is 26.5 Å². The summed E-state index contributed by atoms with van der Waals surface area (Å²) < 4.78 is 0.833. The molecule has 4 N–H and O–H groups in total. The highest BCUT2D eigenvalue weighted by Gasteiger charge is 2.03. The van der Waals surface area contributed by atoms with Crippen LogP contribution in [0.4, 0.5) is 5.69 Å². The summed E-state index contributed by atoms with van der Waals surface area (Å²) in [7, 11) is 0. The largest absolute Gasteiger partial charge is 0.382 e. The second-order valence-corrected chi connectivity index (χ2v) is 4.04. The van der Waals surface area contributed by atoms with E-state index in [1.54, 1.807) is 24.3 Å². The Kier molecular flexibility index (Phi) is 4.28. The van der Waals surface area contributed by atoms with Crippen molar-refractivity contribution in [2.75, 3.05) is 5.43 Å². The van der Waals surface area contributed by atoms with E-state index < -0.39 is 5.84 Å². The van der Waals surface area contributed by atoms with Gasteiger partial charge in [0.05, 0.1) is 10.7 Å². The zero-order chi connectivity index (χ0) is 12.1. The maximum Gasteiger partial charge on any atom is 0.201 e. The van der Waals surface area contributed by atoms with E-state index in [0.717, 1.165) is 4.47 Å². The second-order valence-electron chi connectivity index (χ2n) is 2.72. The molecule has 0 atom stereocenters. The Hall–Kier alpha value is -1.58. The summed E-state index contributed by atoms with van der Waals surface area (Å²) in [6, 6.07) is 6.82. The Balaban J connectivity index is 2.90. The molecule has 0 spiro atoms. The maximum absolute atomic E-state index is 8.61. The monoisotopic (exact) mass is 299 g/mol. The number of amidine groups is 1. The maximum atomic E-state index is 8.61. The Labute approximate surface area is 106 Å². The fourth-order valence-corrected chi connectivity index (χ4v) is 1.56. The predicted octanol–water partition coefficient (Wildman–Crippen LogP) is 2.33. The lowest BCUT2D eigenvalue weighted by molar-refractivity contribution is 1.33. The molecule has 0 amide bonds. The number of hydrazone groups is 1. The molecule has 0 radical (unpaired) electrons. The van der Waals surface area contributed by atoms with Crippen molar-refractivity contribution in [1.29, 1.82) is 10.7 Å². The number of hydrogen-bond donors (Lipinski definition) is 3. The third-order valence-electron chi connectivity index (χ3n) is 1.58. The van der Waals surface area contributed by atoms with Gasteiger partial charge in [0.2, 0.25) is 5.71 Å². The van der Waals surface area contributed by atoms with Gasteiger partial charge < -0.3 is 5.73 Å². The Morgan fingerprint density at radius 2 is 2.31 bits per heavy atom. The molecule has 0 aliphatic rings. The van der Waals surface area contributed by atoms with Gasteiger partial charge >= 0.3 is 0 Å². The molecule has 1 aromatic rings. The summed E-state index contributed by atoms with van der Waals surface area (Å²) in [4.78, 5) is 0. The summed E-state index contributed by atoms with van der Waals surface area (Å²) in [5, 5.41) is 19.8. The molecule has 1 aromatic carbocycles. The third kappa shape index (κ3) is 3.22. The summed E-state index contributed by atoms with van der Waals surface area (Å²) in [6.45, 7) is 0. The molecule has 0 bridgehead atoms. The van der Waals surface area contributed by atoms with E-state index in [1.165, 1.54) is 0 Å². The average molecular weight is 301 g/mol. The van der Waals surface area contributed by atoms with Crippen LogP contribution in [0.25, 0.3) is 0 Å². The number of rotatable bonds is 3. The van der Waals surface area contributed by atoms with Gasteiger partial charge in [0.1, 0.15) is 6.07 Å². The molecule has 0 aromatic heterocycles. The van der Waals surface area contributed by atoms with Crippen molar-refractivity contribution in [2.45, 2.75) is 0 Å². The number of nitrogens with two attached hydrogens (primary N) is 1. The van der Waals surface area contributed by atoms with Gasteiger partial charge in [-0.05, 0) is 18.2 Å². The van der Waals surface area contributed by atoms with Crippen LogP contribution in [0.5, 0.6) is 0 Å². The van der Waals surface area contributed by atoms with Gasteiger partial charge in [-0.1, -0.05) is 27.5 Å². The fourth-order valence-electron chi connectivity index (χ4n) is 0.842. The van der Waals surface area contributed by atoms with Gasteiger partial charge in [-0.2, -0.15) is 10.4 Å². The van der Waals surface area contributed by atoms with E-state index >= 15 is 0 Å². The molecule has 7 heteroatoms. The predicted molar refractivity (Wildman–Crippen MR) is 67.7 cm³/mol. The van der Waals surface area contributed by atoms with Gasteiger partial charge in [-0.3, -0.25) is 10.8 Å². The first-order valence-corrected chi connectivity index (χ1v) is 5.25. The van der Waals surface area contributed by atoms with Gasteiger partial charge in [0.25, 0.3) is 0 Å². The van der Waals surface area contributed by atoms with Crippen LogP contribution in [0.15, 0.2) is 27.8 Å². The molecule has 0 heterocycles. The molecule has 16 heavy (non-hydrogen) atoms. The molecule has 0 aliphatic carbocycles. The van der Waals surface area contributed by atoms with E-state index in [1.807, 2.05) is 0 Å². The highest BCUT2D eigenvalue weighted by atomic mass is 79.9. The topological polar surface area (TPSA) is 98.0 Å². The number of nitrogens with one attached hydrogen (secondary N) is 2. The van der Waals surface area contributed by atoms with Gasteiger partial charge in [0, 0.05) is 4.47 Å². The molecule has 1 rings (SSSR count). The minimum Gasteiger partial charge on any atom is -0.382 e. The molecule has 0 aliphatic heterocycles. The summed E-state index contributed by atoms with van der Waals surface area (Å²) in [5.41, 5.74) is 8.02. The quantitative estimate of drug-likeness (QED) is 0.454. The van der Waals surface area contributed by atoms with Gasteiger partial charge in [-0.15, -0.1) is 0 Å². The van der Waals surface area contributed by atoms with Crippen LogP contribution in [0.1, 0.15) is 0 Å². The molecule has 0 saturated carbocycles. The summed E-state index contributed by atoms with van der Waals surface area (Å²) in [6.07, 6.45) is 0. The van der Waals surface area contributed by atoms with E-state index in [4.69, 9.17) is 28.0 Å². The SMILES string of the molecule is N#C/C(=N\Nc1ccc(Br)cc1Cl)C(=N)N. The van der Waals surface area contributed by atoms with Crippen molar-refractivity contribution < 1.29 is 0 Å². The smallest absolute Gasteiger partial charge is 0.201 e. The van der Waals surface area contributed by atoms with Crippen molar-refractivity contribution in [3.63, 3.8) is 0 Å². The van der Waals surface area contributed by atoms with E-state index in [0.29, 0.717) is 10.7 Å². The first kappa shape index (κ1) is 12.5. The van der Waals surface area contributed by atoms with Crippen molar-refractivity contribution in [2.24, 2.45) is 10.8 Å². The van der Waals surface area contributed by atoms with Crippen LogP contribution in [0, 0.1) is 16.7 Å². The van der Waals surface area contributed by atoms with Crippen molar-refractivity contribution in [3.8, 4) is 6.07 Å². The summed E-state index contributed by atoms with van der Waals surface area (Å²) in [5.74, 6) is -0.400. The lowest BCUT2D eigenvalue weighted by Gasteiger charge is -2.03. The van der Waals surface area contributed by atoms with E-state index in [9.17, 15) is 0 Å². The third-order valence-corrected chi connectivity index (χ3v) is 2.39. The first-order chi connectivity index (χ1) is 7.54.